The van der Waals surface area contributed by atoms with E-state index in [1.165, 1.54) is 0 Å². The monoisotopic (exact) mass is 337 g/mol. The summed E-state index contributed by atoms with van der Waals surface area (Å²) in [6.07, 6.45) is 0. The van der Waals surface area contributed by atoms with Crippen molar-refractivity contribution in [2.75, 3.05) is 0 Å². The summed E-state index contributed by atoms with van der Waals surface area (Å²) >= 11 is 6.44. The molecule has 0 aliphatic rings. The van der Waals surface area contributed by atoms with Gasteiger partial charge in [-0.3, -0.25) is 0 Å². The Hall–Kier alpha value is -2.59. The quantitative estimate of drug-likeness (QED) is 0.528. The third kappa shape index (κ3) is 2.31. The maximum atomic E-state index is 6.44. The Morgan fingerprint density at radius 3 is 2.54 bits per heavy atom. The molecule has 0 amide bonds. The zero-order chi connectivity index (χ0) is 16.8. The van der Waals surface area contributed by atoms with Gasteiger partial charge in [0.25, 0.3) is 0 Å². The lowest BCUT2D eigenvalue weighted by Crippen LogP contribution is -1.87. The van der Waals surface area contributed by atoms with Crippen molar-refractivity contribution in [1.29, 1.82) is 0 Å². The van der Waals surface area contributed by atoms with Crippen molar-refractivity contribution in [2.24, 2.45) is 0 Å². The van der Waals surface area contributed by atoms with Gasteiger partial charge in [0.1, 0.15) is 11.6 Å². The maximum Gasteiger partial charge on any atom is 0.141 e. The molecule has 0 saturated heterocycles. The maximum absolute atomic E-state index is 6.44. The standard InChI is InChI=1S/C19H16ClN3O/c1-10-18(11(2)24-23-10)13-8-15(14-6-4-5-7-16(14)20)19-17(9-13)21-12(3)22-19/h4-9H,1-3H3,(H,21,22). The van der Waals surface area contributed by atoms with Gasteiger partial charge in [0, 0.05) is 21.7 Å². The van der Waals surface area contributed by atoms with E-state index in [1.54, 1.807) is 0 Å². The molecule has 2 aromatic carbocycles. The van der Waals surface area contributed by atoms with Crippen LogP contribution in [-0.4, -0.2) is 15.1 Å². The van der Waals surface area contributed by atoms with Gasteiger partial charge in [-0.15, -0.1) is 0 Å². The number of nitrogens with zero attached hydrogens (tertiary/aromatic N) is 2. The van der Waals surface area contributed by atoms with Crippen LogP contribution in [0, 0.1) is 20.8 Å². The number of rotatable bonds is 2. The minimum Gasteiger partial charge on any atom is -0.361 e. The summed E-state index contributed by atoms with van der Waals surface area (Å²) in [5.41, 5.74) is 6.76. The molecular formula is C19H16ClN3O. The number of fused-ring (bicyclic) bond motifs is 1. The molecule has 24 heavy (non-hydrogen) atoms. The molecule has 4 nitrogen and oxygen atoms in total. The number of nitrogens with one attached hydrogen (secondary N) is 1. The fraction of sp³-hybridized carbons (Fsp3) is 0.158. The summed E-state index contributed by atoms with van der Waals surface area (Å²) in [4.78, 5) is 7.97. The molecule has 120 valence electrons. The molecule has 0 bridgehead atoms. The molecule has 0 unspecified atom stereocenters. The first-order chi connectivity index (χ1) is 11.5. The number of hydrogen-bond donors (Lipinski definition) is 1. The van der Waals surface area contributed by atoms with Crippen molar-refractivity contribution in [1.82, 2.24) is 15.1 Å². The highest BCUT2D eigenvalue weighted by atomic mass is 35.5. The van der Waals surface area contributed by atoms with Crippen molar-refractivity contribution in [2.45, 2.75) is 20.8 Å². The van der Waals surface area contributed by atoms with E-state index in [-0.39, 0.29) is 0 Å². The summed E-state index contributed by atoms with van der Waals surface area (Å²) in [7, 11) is 0. The molecule has 0 radical (unpaired) electrons. The summed E-state index contributed by atoms with van der Waals surface area (Å²) < 4.78 is 5.33. The minimum absolute atomic E-state index is 0.704. The van der Waals surface area contributed by atoms with Crippen LogP contribution < -0.4 is 0 Å². The lowest BCUT2D eigenvalue weighted by atomic mass is 9.96. The van der Waals surface area contributed by atoms with Gasteiger partial charge in [0.2, 0.25) is 0 Å². The molecule has 0 atom stereocenters. The van der Waals surface area contributed by atoms with E-state index in [4.69, 9.17) is 16.1 Å². The van der Waals surface area contributed by atoms with Crippen LogP contribution in [0.3, 0.4) is 0 Å². The Morgan fingerprint density at radius 2 is 1.83 bits per heavy atom. The zero-order valence-electron chi connectivity index (χ0n) is 13.6. The number of aryl methyl sites for hydroxylation is 3. The van der Waals surface area contributed by atoms with Crippen molar-refractivity contribution in [3.63, 3.8) is 0 Å². The van der Waals surface area contributed by atoms with Crippen molar-refractivity contribution in [3.05, 3.63) is 58.7 Å². The Morgan fingerprint density at radius 1 is 1.04 bits per heavy atom. The molecular weight excluding hydrogens is 322 g/mol. The highest BCUT2D eigenvalue weighted by Gasteiger charge is 2.17. The summed E-state index contributed by atoms with van der Waals surface area (Å²) in [6.45, 7) is 5.82. The first-order valence-electron chi connectivity index (χ1n) is 7.73. The average Bonchev–Trinajstić information content (AvgIpc) is 3.08. The molecule has 4 aromatic rings. The second-order valence-corrected chi connectivity index (χ2v) is 6.33. The van der Waals surface area contributed by atoms with Gasteiger partial charge >= 0.3 is 0 Å². The molecule has 2 heterocycles. The predicted molar refractivity (Wildman–Crippen MR) is 96.2 cm³/mol. The van der Waals surface area contributed by atoms with Crippen LogP contribution in [0.25, 0.3) is 33.3 Å². The van der Waals surface area contributed by atoms with Gasteiger partial charge in [0.05, 0.1) is 16.7 Å². The Balaban J connectivity index is 2.07. The van der Waals surface area contributed by atoms with Crippen molar-refractivity contribution in [3.8, 4) is 22.3 Å². The van der Waals surface area contributed by atoms with Crippen LogP contribution in [-0.2, 0) is 0 Å². The number of benzene rings is 2. The predicted octanol–water partition coefficient (Wildman–Crippen LogP) is 5.46. The van der Waals surface area contributed by atoms with E-state index < -0.39 is 0 Å². The SMILES string of the molecule is Cc1nc2c(-c3ccccc3Cl)cc(-c3c(C)noc3C)cc2[nH]1. The molecule has 1 N–H and O–H groups in total. The fourth-order valence-corrected chi connectivity index (χ4v) is 3.40. The molecule has 0 saturated carbocycles. The number of halogens is 1. The van der Waals surface area contributed by atoms with Gasteiger partial charge in [-0.1, -0.05) is 35.0 Å². The fourth-order valence-electron chi connectivity index (χ4n) is 3.17. The number of H-pyrrole nitrogens is 1. The molecule has 0 fully saturated rings. The largest absolute Gasteiger partial charge is 0.361 e. The Labute approximate surface area is 144 Å². The number of aromatic nitrogens is 3. The normalized spacial score (nSPS) is 11.3. The second-order valence-electron chi connectivity index (χ2n) is 5.92. The molecule has 4 rings (SSSR count). The van der Waals surface area contributed by atoms with E-state index in [9.17, 15) is 0 Å². The molecule has 2 aromatic heterocycles. The first kappa shape index (κ1) is 15.0. The summed E-state index contributed by atoms with van der Waals surface area (Å²) in [5, 5.41) is 4.77. The summed E-state index contributed by atoms with van der Waals surface area (Å²) in [5.74, 6) is 1.67. The zero-order valence-corrected chi connectivity index (χ0v) is 14.4. The Bertz CT molecular complexity index is 1040. The molecule has 5 heteroatoms. The van der Waals surface area contributed by atoms with E-state index in [0.29, 0.717) is 5.02 Å². The van der Waals surface area contributed by atoms with Crippen molar-refractivity contribution >= 4 is 22.6 Å². The Kier molecular flexibility index (Phi) is 3.43. The van der Waals surface area contributed by atoms with Crippen LogP contribution in [0.5, 0.6) is 0 Å². The average molecular weight is 338 g/mol. The van der Waals surface area contributed by atoms with Crippen LogP contribution in [0.1, 0.15) is 17.3 Å². The van der Waals surface area contributed by atoms with Crippen LogP contribution in [0.15, 0.2) is 40.9 Å². The van der Waals surface area contributed by atoms with Gasteiger partial charge in [-0.25, -0.2) is 4.98 Å². The van der Waals surface area contributed by atoms with Crippen molar-refractivity contribution < 1.29 is 4.52 Å². The van der Waals surface area contributed by atoms with E-state index in [1.807, 2.05) is 45.0 Å². The van der Waals surface area contributed by atoms with Crippen LogP contribution >= 0.6 is 11.6 Å². The number of aromatic amines is 1. The third-order valence-corrected chi connectivity index (χ3v) is 4.52. The molecule has 0 aliphatic carbocycles. The van der Waals surface area contributed by atoms with E-state index in [2.05, 4.69) is 27.3 Å². The second kappa shape index (κ2) is 5.49. The number of imidazole rings is 1. The topological polar surface area (TPSA) is 54.7 Å². The summed E-state index contributed by atoms with van der Waals surface area (Å²) in [6, 6.07) is 12.0. The third-order valence-electron chi connectivity index (χ3n) is 4.19. The van der Waals surface area contributed by atoms with E-state index >= 15 is 0 Å². The highest BCUT2D eigenvalue weighted by Crippen LogP contribution is 2.37. The van der Waals surface area contributed by atoms with Gasteiger partial charge in [-0.05, 0) is 44.5 Å². The van der Waals surface area contributed by atoms with Crippen LogP contribution in [0.4, 0.5) is 0 Å². The number of hydrogen-bond acceptors (Lipinski definition) is 3. The van der Waals surface area contributed by atoms with Gasteiger partial charge in [0.15, 0.2) is 0 Å². The van der Waals surface area contributed by atoms with E-state index in [0.717, 1.165) is 50.6 Å². The van der Waals surface area contributed by atoms with Crippen LogP contribution in [0.2, 0.25) is 5.02 Å². The van der Waals surface area contributed by atoms with Gasteiger partial charge in [-0.2, -0.15) is 0 Å². The highest BCUT2D eigenvalue weighted by molar-refractivity contribution is 6.33. The minimum atomic E-state index is 0.704. The molecule has 0 spiro atoms. The lowest BCUT2D eigenvalue weighted by Gasteiger charge is -2.09. The smallest absolute Gasteiger partial charge is 0.141 e. The van der Waals surface area contributed by atoms with Gasteiger partial charge < -0.3 is 9.51 Å². The molecule has 0 aliphatic heterocycles. The first-order valence-corrected chi connectivity index (χ1v) is 8.11. The lowest BCUT2D eigenvalue weighted by molar-refractivity contribution is 0.393.